The smallest absolute Gasteiger partial charge is 0.242 e. The maximum atomic E-state index is 11.9. The fourth-order valence-electron chi connectivity index (χ4n) is 1.94. The molecule has 2 aromatic rings. The molecule has 1 atom stereocenters. The predicted molar refractivity (Wildman–Crippen MR) is 85.1 cm³/mol. The number of amides is 1. The van der Waals surface area contributed by atoms with Crippen molar-refractivity contribution in [3.05, 3.63) is 17.1 Å². The molecular formula is C14H20N4OS. The molecule has 1 heterocycles. The highest BCUT2D eigenvalue weighted by molar-refractivity contribution is 7.18. The summed E-state index contributed by atoms with van der Waals surface area (Å²) in [5, 5.41) is 7.01. The van der Waals surface area contributed by atoms with Crippen molar-refractivity contribution in [3.8, 4) is 0 Å². The lowest BCUT2D eigenvalue weighted by Gasteiger charge is -2.18. The summed E-state index contributed by atoms with van der Waals surface area (Å²) in [5.41, 5.74) is 8.31. The number of benzene rings is 1. The van der Waals surface area contributed by atoms with Crippen LogP contribution in [0.15, 0.2) is 12.1 Å². The van der Waals surface area contributed by atoms with Crippen molar-refractivity contribution >= 4 is 38.8 Å². The average molecular weight is 292 g/mol. The van der Waals surface area contributed by atoms with Gasteiger partial charge in [0, 0.05) is 6.04 Å². The van der Waals surface area contributed by atoms with E-state index in [1.165, 1.54) is 0 Å². The van der Waals surface area contributed by atoms with Crippen molar-refractivity contribution in [2.75, 3.05) is 11.1 Å². The Bertz CT molecular complexity index is 635. The predicted octanol–water partition coefficient (Wildman–Crippen LogP) is 2.51. The second-order valence-corrected chi connectivity index (χ2v) is 6.40. The molecule has 0 saturated heterocycles. The number of fused-ring (bicyclic) bond motifs is 1. The summed E-state index contributed by atoms with van der Waals surface area (Å²) >= 11 is 1.61. The zero-order valence-electron chi connectivity index (χ0n) is 12.2. The zero-order valence-corrected chi connectivity index (χ0v) is 13.0. The van der Waals surface area contributed by atoms with E-state index in [0.717, 1.165) is 20.9 Å². The molecule has 1 unspecified atom stereocenters. The zero-order chi connectivity index (χ0) is 14.9. The van der Waals surface area contributed by atoms with Crippen LogP contribution in [0.5, 0.6) is 0 Å². The van der Waals surface area contributed by atoms with E-state index < -0.39 is 0 Å². The van der Waals surface area contributed by atoms with Crippen LogP contribution in [-0.2, 0) is 4.79 Å². The Morgan fingerprint density at radius 2 is 2.05 bits per heavy atom. The molecule has 0 aliphatic rings. The number of rotatable bonds is 4. The normalized spacial score (nSPS) is 12.7. The van der Waals surface area contributed by atoms with Crippen LogP contribution in [0, 0.1) is 6.92 Å². The molecular weight excluding hydrogens is 272 g/mol. The Morgan fingerprint density at radius 1 is 1.35 bits per heavy atom. The molecule has 1 amide bonds. The molecule has 0 bridgehead atoms. The molecule has 5 nitrogen and oxygen atoms in total. The number of thiazole rings is 1. The number of aryl methyl sites for hydroxylation is 1. The molecule has 0 spiro atoms. The molecule has 1 aromatic carbocycles. The number of carbonyl (C=O) groups is 1. The van der Waals surface area contributed by atoms with Crippen molar-refractivity contribution in [2.24, 2.45) is 0 Å². The quantitative estimate of drug-likeness (QED) is 0.756. The Hall–Kier alpha value is -1.82. The Balaban J connectivity index is 2.20. The van der Waals surface area contributed by atoms with E-state index in [-0.39, 0.29) is 18.0 Å². The SMILES string of the molecule is Cc1nc2cc(NC(C)C(=O)NC(C)C)c(N)cc2s1. The van der Waals surface area contributed by atoms with Crippen molar-refractivity contribution in [1.82, 2.24) is 10.3 Å². The fraction of sp³-hybridized carbons (Fsp3) is 0.429. The largest absolute Gasteiger partial charge is 0.397 e. The monoisotopic (exact) mass is 292 g/mol. The number of nitrogens with one attached hydrogen (secondary N) is 2. The highest BCUT2D eigenvalue weighted by Gasteiger charge is 2.15. The Morgan fingerprint density at radius 3 is 2.70 bits per heavy atom. The number of carbonyl (C=O) groups excluding carboxylic acids is 1. The lowest BCUT2D eigenvalue weighted by molar-refractivity contribution is -0.122. The van der Waals surface area contributed by atoms with Gasteiger partial charge in [-0.15, -0.1) is 11.3 Å². The van der Waals surface area contributed by atoms with Gasteiger partial charge in [-0.3, -0.25) is 4.79 Å². The third-order valence-corrected chi connectivity index (χ3v) is 3.80. The second-order valence-electron chi connectivity index (χ2n) is 5.17. The first-order valence-electron chi connectivity index (χ1n) is 6.60. The van der Waals surface area contributed by atoms with Gasteiger partial charge in [0.05, 0.1) is 26.6 Å². The molecule has 6 heteroatoms. The van der Waals surface area contributed by atoms with Gasteiger partial charge in [0.1, 0.15) is 6.04 Å². The summed E-state index contributed by atoms with van der Waals surface area (Å²) < 4.78 is 1.06. The molecule has 0 radical (unpaired) electrons. The summed E-state index contributed by atoms with van der Waals surface area (Å²) in [6.45, 7) is 7.65. The Kier molecular flexibility index (Phi) is 4.13. The van der Waals surface area contributed by atoms with Crippen LogP contribution in [0.3, 0.4) is 0 Å². The molecule has 108 valence electrons. The molecule has 0 aliphatic heterocycles. The first-order chi connectivity index (χ1) is 9.36. The van der Waals surface area contributed by atoms with E-state index in [0.29, 0.717) is 5.69 Å². The topological polar surface area (TPSA) is 80.0 Å². The van der Waals surface area contributed by atoms with Crippen LogP contribution in [-0.4, -0.2) is 23.0 Å². The van der Waals surface area contributed by atoms with Gasteiger partial charge < -0.3 is 16.4 Å². The number of nitrogens with zero attached hydrogens (tertiary/aromatic N) is 1. The lowest BCUT2D eigenvalue weighted by atomic mass is 10.2. The lowest BCUT2D eigenvalue weighted by Crippen LogP contribution is -2.41. The van der Waals surface area contributed by atoms with Gasteiger partial charge in [0.15, 0.2) is 0 Å². The van der Waals surface area contributed by atoms with Crippen molar-refractivity contribution in [1.29, 1.82) is 0 Å². The molecule has 0 fully saturated rings. The standard InChI is InChI=1S/C14H20N4OS/c1-7(2)16-14(19)8(3)17-11-6-12-13(5-10(11)15)20-9(4)18-12/h5-8,17H,15H2,1-4H3,(H,16,19). The van der Waals surface area contributed by atoms with Gasteiger partial charge in [-0.05, 0) is 39.8 Å². The van der Waals surface area contributed by atoms with Gasteiger partial charge in [-0.2, -0.15) is 0 Å². The summed E-state index contributed by atoms with van der Waals surface area (Å²) in [5.74, 6) is -0.0473. The van der Waals surface area contributed by atoms with Gasteiger partial charge in [0.25, 0.3) is 0 Å². The third-order valence-electron chi connectivity index (χ3n) is 2.86. The van der Waals surface area contributed by atoms with E-state index in [1.807, 2.05) is 39.8 Å². The number of hydrogen-bond acceptors (Lipinski definition) is 5. The molecule has 0 aliphatic carbocycles. The summed E-state index contributed by atoms with van der Waals surface area (Å²) in [6, 6.07) is 3.56. The van der Waals surface area contributed by atoms with E-state index in [2.05, 4.69) is 15.6 Å². The van der Waals surface area contributed by atoms with Crippen LogP contribution in [0.25, 0.3) is 10.2 Å². The van der Waals surface area contributed by atoms with Gasteiger partial charge in [-0.25, -0.2) is 4.98 Å². The molecule has 0 saturated carbocycles. The minimum Gasteiger partial charge on any atom is -0.397 e. The van der Waals surface area contributed by atoms with Crippen LogP contribution >= 0.6 is 11.3 Å². The number of hydrogen-bond donors (Lipinski definition) is 3. The summed E-state index contributed by atoms with van der Waals surface area (Å²) in [6.07, 6.45) is 0. The number of aromatic nitrogens is 1. The number of anilines is 2. The average Bonchev–Trinajstić information content (AvgIpc) is 2.67. The highest BCUT2D eigenvalue weighted by atomic mass is 32.1. The molecule has 2 rings (SSSR count). The van der Waals surface area contributed by atoms with Crippen molar-refractivity contribution in [3.63, 3.8) is 0 Å². The molecule has 4 N–H and O–H groups in total. The number of nitrogens with two attached hydrogens (primary N) is 1. The van der Waals surface area contributed by atoms with Crippen LogP contribution < -0.4 is 16.4 Å². The van der Waals surface area contributed by atoms with Crippen molar-refractivity contribution in [2.45, 2.75) is 39.8 Å². The minimum atomic E-state index is -0.350. The summed E-state index contributed by atoms with van der Waals surface area (Å²) in [4.78, 5) is 16.3. The van der Waals surface area contributed by atoms with Crippen LogP contribution in [0.2, 0.25) is 0 Å². The van der Waals surface area contributed by atoms with Crippen LogP contribution in [0.4, 0.5) is 11.4 Å². The Labute approximate surface area is 122 Å². The van der Waals surface area contributed by atoms with Crippen molar-refractivity contribution < 1.29 is 4.79 Å². The van der Waals surface area contributed by atoms with E-state index >= 15 is 0 Å². The molecule has 20 heavy (non-hydrogen) atoms. The second kappa shape index (κ2) is 5.66. The van der Waals surface area contributed by atoms with E-state index in [9.17, 15) is 4.79 Å². The fourth-order valence-corrected chi connectivity index (χ4v) is 2.80. The first-order valence-corrected chi connectivity index (χ1v) is 7.42. The van der Waals surface area contributed by atoms with E-state index in [4.69, 9.17) is 5.73 Å². The third kappa shape index (κ3) is 3.19. The van der Waals surface area contributed by atoms with E-state index in [1.54, 1.807) is 11.3 Å². The number of nitrogen functional groups attached to an aromatic ring is 1. The molecule has 1 aromatic heterocycles. The highest BCUT2D eigenvalue weighted by Crippen LogP contribution is 2.30. The minimum absolute atomic E-state index is 0.0473. The maximum Gasteiger partial charge on any atom is 0.242 e. The van der Waals surface area contributed by atoms with Gasteiger partial charge >= 0.3 is 0 Å². The van der Waals surface area contributed by atoms with Crippen LogP contribution in [0.1, 0.15) is 25.8 Å². The maximum absolute atomic E-state index is 11.9. The first kappa shape index (κ1) is 14.6. The van der Waals surface area contributed by atoms with Gasteiger partial charge in [0.2, 0.25) is 5.91 Å². The van der Waals surface area contributed by atoms with Gasteiger partial charge in [-0.1, -0.05) is 0 Å². The summed E-state index contributed by atoms with van der Waals surface area (Å²) in [7, 11) is 0.